The monoisotopic (exact) mass is 369 g/mol. The van der Waals surface area contributed by atoms with Gasteiger partial charge in [-0.15, -0.1) is 0 Å². The Morgan fingerprint density at radius 3 is 2.43 bits per heavy atom. The van der Waals surface area contributed by atoms with E-state index in [9.17, 15) is 9.59 Å². The number of nitrogens with zero attached hydrogens (tertiary/aromatic N) is 1. The highest BCUT2D eigenvalue weighted by Crippen LogP contribution is 2.21. The molecule has 2 aromatic carbocycles. The van der Waals surface area contributed by atoms with Crippen LogP contribution in [0.3, 0.4) is 0 Å². The molecular formula is C15H10Cl3N3O2. The molecule has 0 aliphatic carbocycles. The molecule has 23 heavy (non-hydrogen) atoms. The van der Waals surface area contributed by atoms with Gasteiger partial charge in [0.25, 0.3) is 0 Å². The predicted octanol–water partition coefficient (Wildman–Crippen LogP) is 3.74. The number of hydrogen-bond acceptors (Lipinski definition) is 3. The maximum absolute atomic E-state index is 11.7. The van der Waals surface area contributed by atoms with Gasteiger partial charge in [0.1, 0.15) is 0 Å². The molecule has 5 nitrogen and oxygen atoms in total. The number of carbonyl (C=O) groups is 2. The van der Waals surface area contributed by atoms with E-state index in [2.05, 4.69) is 15.8 Å². The molecule has 0 spiro atoms. The number of halogens is 3. The number of amides is 2. The molecule has 8 heteroatoms. The Kier molecular flexibility index (Phi) is 5.98. The lowest BCUT2D eigenvalue weighted by atomic mass is 10.2. The van der Waals surface area contributed by atoms with E-state index in [0.717, 1.165) is 0 Å². The normalized spacial score (nSPS) is 10.6. The van der Waals surface area contributed by atoms with Gasteiger partial charge in [-0.1, -0.05) is 46.9 Å². The van der Waals surface area contributed by atoms with E-state index in [1.54, 1.807) is 36.4 Å². The second-order valence-electron chi connectivity index (χ2n) is 4.34. The zero-order valence-corrected chi connectivity index (χ0v) is 13.8. The van der Waals surface area contributed by atoms with Crippen LogP contribution in [-0.2, 0) is 9.59 Å². The second-order valence-corrected chi connectivity index (χ2v) is 5.59. The van der Waals surface area contributed by atoms with E-state index in [1.165, 1.54) is 12.3 Å². The molecule has 2 rings (SSSR count). The number of anilines is 1. The first kappa shape index (κ1) is 17.3. The van der Waals surface area contributed by atoms with Crippen molar-refractivity contribution in [3.05, 3.63) is 63.1 Å². The first-order chi connectivity index (χ1) is 11.0. The Hall–Kier alpha value is -2.08. The molecule has 0 radical (unpaired) electrons. The van der Waals surface area contributed by atoms with Crippen molar-refractivity contribution in [2.75, 3.05) is 5.32 Å². The maximum atomic E-state index is 11.7. The molecule has 0 fully saturated rings. The molecule has 0 saturated carbocycles. The fourth-order valence-electron chi connectivity index (χ4n) is 1.56. The Balaban J connectivity index is 1.92. The minimum absolute atomic E-state index is 0.362. The van der Waals surface area contributed by atoms with Crippen LogP contribution in [0, 0.1) is 0 Å². The second kappa shape index (κ2) is 7.97. The summed E-state index contributed by atoms with van der Waals surface area (Å²) in [5.74, 6) is -1.78. The van der Waals surface area contributed by atoms with Gasteiger partial charge in [0.15, 0.2) is 0 Å². The molecule has 0 saturated heterocycles. The molecular weight excluding hydrogens is 361 g/mol. The van der Waals surface area contributed by atoms with E-state index in [1.807, 2.05) is 0 Å². The summed E-state index contributed by atoms with van der Waals surface area (Å²) in [5, 5.41) is 7.30. The van der Waals surface area contributed by atoms with Crippen molar-refractivity contribution < 1.29 is 9.59 Å². The fourth-order valence-corrected chi connectivity index (χ4v) is 2.06. The van der Waals surface area contributed by atoms with Gasteiger partial charge in [-0.3, -0.25) is 9.59 Å². The zero-order chi connectivity index (χ0) is 16.8. The SMILES string of the molecule is O=C(N/N=C/c1ccc(Cl)c(Cl)c1)C(=O)Nc1cccc(Cl)c1. The van der Waals surface area contributed by atoms with E-state index in [0.29, 0.717) is 26.3 Å². The molecule has 2 aromatic rings. The standard InChI is InChI=1S/C15H10Cl3N3O2/c16-10-2-1-3-11(7-10)20-14(22)15(23)21-19-8-9-4-5-12(17)13(18)6-9/h1-8H,(H,20,22)(H,21,23)/b19-8+. The van der Waals surface area contributed by atoms with Crippen LogP contribution >= 0.6 is 34.8 Å². The van der Waals surface area contributed by atoms with Gasteiger partial charge in [-0.05, 0) is 35.9 Å². The third kappa shape index (κ3) is 5.25. The van der Waals surface area contributed by atoms with Crippen LogP contribution in [0.15, 0.2) is 47.6 Å². The molecule has 0 bridgehead atoms. The quantitative estimate of drug-likeness (QED) is 0.491. The van der Waals surface area contributed by atoms with Gasteiger partial charge in [0.2, 0.25) is 0 Å². The van der Waals surface area contributed by atoms with E-state index >= 15 is 0 Å². The lowest BCUT2D eigenvalue weighted by molar-refractivity contribution is -0.136. The Bertz CT molecular complexity index is 778. The van der Waals surface area contributed by atoms with Crippen molar-refractivity contribution >= 4 is 58.5 Å². The number of carbonyl (C=O) groups excluding carboxylic acids is 2. The average molecular weight is 371 g/mol. The number of benzene rings is 2. The molecule has 0 aromatic heterocycles. The summed E-state index contributed by atoms with van der Waals surface area (Å²) >= 11 is 17.4. The number of nitrogens with one attached hydrogen (secondary N) is 2. The largest absolute Gasteiger partial charge is 0.329 e. The molecule has 0 atom stereocenters. The Morgan fingerprint density at radius 1 is 0.957 bits per heavy atom. The lowest BCUT2D eigenvalue weighted by Crippen LogP contribution is -2.32. The van der Waals surface area contributed by atoms with Crippen molar-refractivity contribution in [1.29, 1.82) is 0 Å². The predicted molar refractivity (Wildman–Crippen MR) is 92.3 cm³/mol. The fraction of sp³-hybridized carbons (Fsp3) is 0. The summed E-state index contributed by atoms with van der Waals surface area (Å²) in [7, 11) is 0. The van der Waals surface area contributed by atoms with Crippen LogP contribution in [0.2, 0.25) is 15.1 Å². The molecule has 0 unspecified atom stereocenters. The van der Waals surface area contributed by atoms with Crippen molar-refractivity contribution in [2.24, 2.45) is 5.10 Å². The highest BCUT2D eigenvalue weighted by Gasteiger charge is 2.12. The van der Waals surface area contributed by atoms with Crippen LogP contribution < -0.4 is 10.7 Å². The number of hydrogen-bond donors (Lipinski definition) is 2. The van der Waals surface area contributed by atoms with Crippen LogP contribution in [0.1, 0.15) is 5.56 Å². The summed E-state index contributed by atoms with van der Waals surface area (Å²) in [5.41, 5.74) is 3.14. The van der Waals surface area contributed by atoms with Crippen molar-refractivity contribution in [2.45, 2.75) is 0 Å². The van der Waals surface area contributed by atoms with Crippen LogP contribution in [0.25, 0.3) is 0 Å². The third-order valence-corrected chi connectivity index (χ3v) is 3.59. The summed E-state index contributed by atoms with van der Waals surface area (Å²) in [6.07, 6.45) is 1.34. The number of rotatable bonds is 3. The third-order valence-electron chi connectivity index (χ3n) is 2.61. The molecule has 0 aliphatic heterocycles. The van der Waals surface area contributed by atoms with Gasteiger partial charge in [-0.25, -0.2) is 5.43 Å². The van der Waals surface area contributed by atoms with Crippen molar-refractivity contribution in [3.63, 3.8) is 0 Å². The van der Waals surface area contributed by atoms with Gasteiger partial charge >= 0.3 is 11.8 Å². The summed E-state index contributed by atoms with van der Waals surface area (Å²) in [6, 6.07) is 11.3. The first-order valence-corrected chi connectivity index (χ1v) is 7.44. The van der Waals surface area contributed by atoms with Crippen molar-refractivity contribution in [1.82, 2.24) is 5.43 Å². The Morgan fingerprint density at radius 2 is 1.74 bits per heavy atom. The summed E-state index contributed by atoms with van der Waals surface area (Å²) in [6.45, 7) is 0. The zero-order valence-electron chi connectivity index (χ0n) is 11.5. The molecule has 2 amide bonds. The van der Waals surface area contributed by atoms with E-state index in [4.69, 9.17) is 34.8 Å². The minimum atomic E-state index is -0.915. The van der Waals surface area contributed by atoms with Gasteiger partial charge in [0.05, 0.1) is 16.3 Å². The topological polar surface area (TPSA) is 70.6 Å². The number of hydrazone groups is 1. The van der Waals surface area contributed by atoms with Gasteiger partial charge in [0, 0.05) is 10.7 Å². The average Bonchev–Trinajstić information content (AvgIpc) is 2.50. The minimum Gasteiger partial charge on any atom is -0.318 e. The van der Waals surface area contributed by atoms with Gasteiger partial charge < -0.3 is 5.32 Å². The van der Waals surface area contributed by atoms with Crippen molar-refractivity contribution in [3.8, 4) is 0 Å². The maximum Gasteiger partial charge on any atom is 0.329 e. The Labute approximate surface area is 147 Å². The highest BCUT2D eigenvalue weighted by molar-refractivity contribution is 6.42. The molecule has 0 heterocycles. The lowest BCUT2D eigenvalue weighted by Gasteiger charge is -2.04. The van der Waals surface area contributed by atoms with E-state index in [-0.39, 0.29) is 0 Å². The van der Waals surface area contributed by atoms with E-state index < -0.39 is 11.8 Å². The first-order valence-electron chi connectivity index (χ1n) is 6.31. The van der Waals surface area contributed by atoms with Crippen LogP contribution in [-0.4, -0.2) is 18.0 Å². The summed E-state index contributed by atoms with van der Waals surface area (Å²) < 4.78 is 0. The molecule has 2 N–H and O–H groups in total. The summed E-state index contributed by atoms with van der Waals surface area (Å²) in [4.78, 5) is 23.3. The smallest absolute Gasteiger partial charge is 0.318 e. The van der Waals surface area contributed by atoms with Crippen LogP contribution in [0.4, 0.5) is 5.69 Å². The molecule has 0 aliphatic rings. The van der Waals surface area contributed by atoms with Gasteiger partial charge in [-0.2, -0.15) is 5.10 Å². The molecule has 118 valence electrons. The van der Waals surface area contributed by atoms with Crippen LogP contribution in [0.5, 0.6) is 0 Å². The highest BCUT2D eigenvalue weighted by atomic mass is 35.5.